The van der Waals surface area contributed by atoms with Crippen LogP contribution in [0, 0.1) is 0 Å². The SMILES string of the molecule is NC(=O)c1ccc(OCC(O)c2ccc(N)cc2)cc1. The van der Waals surface area contributed by atoms with E-state index in [0.29, 0.717) is 17.0 Å². The van der Waals surface area contributed by atoms with Gasteiger partial charge < -0.3 is 21.3 Å². The molecule has 104 valence electrons. The monoisotopic (exact) mass is 272 g/mol. The zero-order valence-corrected chi connectivity index (χ0v) is 10.8. The molecule has 20 heavy (non-hydrogen) atoms. The summed E-state index contributed by atoms with van der Waals surface area (Å²) in [5.41, 5.74) is 12.5. The van der Waals surface area contributed by atoms with Gasteiger partial charge in [0.15, 0.2) is 0 Å². The van der Waals surface area contributed by atoms with Gasteiger partial charge >= 0.3 is 0 Å². The van der Waals surface area contributed by atoms with Gasteiger partial charge in [-0.05, 0) is 42.0 Å². The molecule has 2 aromatic rings. The standard InChI is InChI=1S/C15H16N2O3/c16-12-5-1-10(2-6-12)14(18)9-20-13-7-3-11(4-8-13)15(17)19/h1-8,14,18H,9,16H2,(H2,17,19). The summed E-state index contributed by atoms with van der Waals surface area (Å²) in [6.07, 6.45) is -0.744. The van der Waals surface area contributed by atoms with E-state index >= 15 is 0 Å². The molecule has 0 aliphatic rings. The topological polar surface area (TPSA) is 98.6 Å². The molecule has 1 unspecified atom stereocenters. The Morgan fingerprint density at radius 3 is 2.25 bits per heavy atom. The zero-order chi connectivity index (χ0) is 14.5. The predicted molar refractivity (Wildman–Crippen MR) is 76.3 cm³/mol. The second kappa shape index (κ2) is 6.08. The Balaban J connectivity index is 1.94. The third-order valence-corrected chi connectivity index (χ3v) is 2.87. The van der Waals surface area contributed by atoms with Crippen molar-refractivity contribution in [1.82, 2.24) is 0 Å². The molecule has 5 N–H and O–H groups in total. The molecule has 1 amide bonds. The summed E-state index contributed by atoms with van der Waals surface area (Å²) >= 11 is 0. The maximum absolute atomic E-state index is 10.9. The highest BCUT2D eigenvalue weighted by molar-refractivity contribution is 5.92. The number of nitrogens with two attached hydrogens (primary N) is 2. The van der Waals surface area contributed by atoms with E-state index in [4.69, 9.17) is 16.2 Å². The zero-order valence-electron chi connectivity index (χ0n) is 10.8. The molecule has 0 aliphatic heterocycles. The number of primary amides is 1. The number of carbonyl (C=O) groups is 1. The van der Waals surface area contributed by atoms with Gasteiger partial charge in [0.05, 0.1) is 0 Å². The molecule has 0 bridgehead atoms. The molecule has 0 aromatic heterocycles. The minimum absolute atomic E-state index is 0.111. The van der Waals surface area contributed by atoms with E-state index in [1.807, 2.05) is 0 Å². The summed E-state index contributed by atoms with van der Waals surface area (Å²) in [6.45, 7) is 0.111. The summed E-state index contributed by atoms with van der Waals surface area (Å²) in [4.78, 5) is 10.9. The number of carbonyl (C=O) groups excluding carboxylic acids is 1. The van der Waals surface area contributed by atoms with Crippen molar-refractivity contribution >= 4 is 11.6 Å². The fraction of sp³-hybridized carbons (Fsp3) is 0.133. The van der Waals surface area contributed by atoms with Crippen molar-refractivity contribution in [3.8, 4) is 5.75 Å². The van der Waals surface area contributed by atoms with Gasteiger partial charge in [0.25, 0.3) is 0 Å². The number of nitrogen functional groups attached to an aromatic ring is 1. The van der Waals surface area contributed by atoms with Crippen molar-refractivity contribution in [3.05, 3.63) is 59.7 Å². The molecule has 0 saturated carbocycles. The number of rotatable bonds is 5. The number of amides is 1. The highest BCUT2D eigenvalue weighted by Gasteiger charge is 2.08. The smallest absolute Gasteiger partial charge is 0.248 e. The first kappa shape index (κ1) is 13.9. The summed E-state index contributed by atoms with van der Waals surface area (Å²) in [6, 6.07) is 13.4. The van der Waals surface area contributed by atoms with Crippen molar-refractivity contribution in [3.63, 3.8) is 0 Å². The molecule has 2 aromatic carbocycles. The molecular weight excluding hydrogens is 256 g/mol. The van der Waals surface area contributed by atoms with Crippen molar-refractivity contribution in [1.29, 1.82) is 0 Å². The molecule has 0 heterocycles. The van der Waals surface area contributed by atoms with Crippen molar-refractivity contribution in [2.45, 2.75) is 6.10 Å². The molecule has 5 nitrogen and oxygen atoms in total. The Hall–Kier alpha value is -2.53. The summed E-state index contributed by atoms with van der Waals surface area (Å²) in [7, 11) is 0. The quantitative estimate of drug-likeness (QED) is 0.718. The number of anilines is 1. The minimum Gasteiger partial charge on any atom is -0.491 e. The van der Waals surface area contributed by atoms with E-state index in [9.17, 15) is 9.90 Å². The third-order valence-electron chi connectivity index (χ3n) is 2.87. The maximum Gasteiger partial charge on any atom is 0.248 e. The second-order valence-electron chi connectivity index (χ2n) is 4.38. The third kappa shape index (κ3) is 3.49. The Morgan fingerprint density at radius 1 is 1.10 bits per heavy atom. The Bertz CT molecular complexity index is 579. The number of aliphatic hydroxyl groups is 1. The van der Waals surface area contributed by atoms with Crippen LogP contribution in [0.4, 0.5) is 5.69 Å². The first-order valence-corrected chi connectivity index (χ1v) is 6.12. The van der Waals surface area contributed by atoms with Crippen molar-refractivity contribution in [2.24, 2.45) is 5.73 Å². The van der Waals surface area contributed by atoms with Gasteiger partial charge in [0.2, 0.25) is 5.91 Å². The summed E-state index contributed by atoms with van der Waals surface area (Å²) in [5, 5.41) is 9.98. The molecule has 0 spiro atoms. The molecule has 0 radical (unpaired) electrons. The van der Waals surface area contributed by atoms with E-state index in [1.54, 1.807) is 48.5 Å². The molecule has 2 rings (SSSR count). The lowest BCUT2D eigenvalue weighted by atomic mass is 10.1. The van der Waals surface area contributed by atoms with Crippen LogP contribution in [0.2, 0.25) is 0 Å². The van der Waals surface area contributed by atoms with Crippen LogP contribution >= 0.6 is 0 Å². The lowest BCUT2D eigenvalue weighted by Gasteiger charge is -2.13. The van der Waals surface area contributed by atoms with E-state index in [1.165, 1.54) is 0 Å². The highest BCUT2D eigenvalue weighted by Crippen LogP contribution is 2.18. The lowest BCUT2D eigenvalue weighted by Crippen LogP contribution is -2.11. The normalized spacial score (nSPS) is 11.8. The Kier molecular flexibility index (Phi) is 4.22. The number of hydrogen-bond acceptors (Lipinski definition) is 4. The maximum atomic E-state index is 10.9. The molecule has 1 atom stereocenters. The van der Waals surface area contributed by atoms with Gasteiger partial charge in [-0.1, -0.05) is 12.1 Å². The Morgan fingerprint density at radius 2 is 1.70 bits per heavy atom. The van der Waals surface area contributed by atoms with Crippen LogP contribution in [0.3, 0.4) is 0 Å². The average molecular weight is 272 g/mol. The van der Waals surface area contributed by atoms with Gasteiger partial charge in [-0.25, -0.2) is 0 Å². The van der Waals surface area contributed by atoms with E-state index in [0.717, 1.165) is 5.56 Å². The van der Waals surface area contributed by atoms with Gasteiger partial charge in [-0.3, -0.25) is 4.79 Å². The number of benzene rings is 2. The highest BCUT2D eigenvalue weighted by atomic mass is 16.5. The van der Waals surface area contributed by atoms with Crippen molar-refractivity contribution < 1.29 is 14.6 Å². The number of hydrogen-bond donors (Lipinski definition) is 3. The molecule has 0 aliphatic carbocycles. The largest absolute Gasteiger partial charge is 0.491 e. The lowest BCUT2D eigenvalue weighted by molar-refractivity contribution is 0.0999. The van der Waals surface area contributed by atoms with Crippen LogP contribution in [0.5, 0.6) is 5.75 Å². The first-order chi connectivity index (χ1) is 9.56. The van der Waals surface area contributed by atoms with Crippen LogP contribution in [-0.2, 0) is 0 Å². The van der Waals surface area contributed by atoms with Crippen LogP contribution < -0.4 is 16.2 Å². The predicted octanol–water partition coefficient (Wildman–Crippen LogP) is 1.48. The van der Waals surface area contributed by atoms with E-state index < -0.39 is 12.0 Å². The summed E-state index contributed by atoms with van der Waals surface area (Å²) < 4.78 is 5.45. The van der Waals surface area contributed by atoms with Gasteiger partial charge in [-0.2, -0.15) is 0 Å². The second-order valence-corrected chi connectivity index (χ2v) is 4.38. The minimum atomic E-state index is -0.744. The molecule has 0 fully saturated rings. The van der Waals surface area contributed by atoms with E-state index in [2.05, 4.69) is 0 Å². The van der Waals surface area contributed by atoms with Crippen LogP contribution in [0.1, 0.15) is 22.0 Å². The molecule has 5 heteroatoms. The van der Waals surface area contributed by atoms with Gasteiger partial charge in [0.1, 0.15) is 18.5 Å². The summed E-state index contributed by atoms with van der Waals surface area (Å²) in [5.74, 6) is 0.0722. The van der Waals surface area contributed by atoms with Gasteiger partial charge in [-0.15, -0.1) is 0 Å². The van der Waals surface area contributed by atoms with Crippen LogP contribution in [0.15, 0.2) is 48.5 Å². The number of ether oxygens (including phenoxy) is 1. The van der Waals surface area contributed by atoms with Crippen LogP contribution in [0.25, 0.3) is 0 Å². The average Bonchev–Trinajstić information content (AvgIpc) is 2.46. The number of aliphatic hydroxyl groups excluding tert-OH is 1. The fourth-order valence-corrected chi connectivity index (χ4v) is 1.70. The fourth-order valence-electron chi connectivity index (χ4n) is 1.70. The van der Waals surface area contributed by atoms with E-state index in [-0.39, 0.29) is 6.61 Å². The van der Waals surface area contributed by atoms with Crippen molar-refractivity contribution in [2.75, 3.05) is 12.3 Å². The molecule has 0 saturated heterocycles. The Labute approximate surface area is 116 Å². The van der Waals surface area contributed by atoms with Crippen LogP contribution in [-0.4, -0.2) is 17.6 Å². The molecular formula is C15H16N2O3. The van der Waals surface area contributed by atoms with Gasteiger partial charge in [0, 0.05) is 11.3 Å². The first-order valence-electron chi connectivity index (χ1n) is 6.12.